The quantitative estimate of drug-likeness (QED) is 0.904. The van der Waals surface area contributed by atoms with E-state index in [2.05, 4.69) is 15.3 Å². The van der Waals surface area contributed by atoms with E-state index < -0.39 is 0 Å². The van der Waals surface area contributed by atoms with Crippen molar-refractivity contribution >= 4 is 17.2 Å². The molecule has 18 heavy (non-hydrogen) atoms. The molecule has 0 bridgehead atoms. The largest absolute Gasteiger partial charge is 0.346 e. The summed E-state index contributed by atoms with van der Waals surface area (Å²) in [5.41, 5.74) is 1.18. The summed E-state index contributed by atoms with van der Waals surface area (Å²) in [5.74, 6) is -0.140. The molecule has 4 nitrogen and oxygen atoms in total. The van der Waals surface area contributed by atoms with Gasteiger partial charge in [-0.25, -0.2) is 4.98 Å². The zero-order valence-electron chi connectivity index (χ0n) is 10.6. The van der Waals surface area contributed by atoms with Crippen LogP contribution in [0, 0.1) is 0 Å². The zero-order chi connectivity index (χ0) is 13.2. The van der Waals surface area contributed by atoms with E-state index in [0.717, 1.165) is 10.6 Å². The lowest BCUT2D eigenvalue weighted by Gasteiger charge is -2.19. The smallest absolute Gasteiger partial charge is 0.271 e. The van der Waals surface area contributed by atoms with E-state index in [1.807, 2.05) is 32.9 Å². The minimum Gasteiger partial charge on any atom is -0.346 e. The molecule has 0 saturated heterocycles. The third kappa shape index (κ3) is 3.13. The molecule has 0 saturated carbocycles. The van der Waals surface area contributed by atoms with Crippen LogP contribution in [0.3, 0.4) is 0 Å². The Labute approximate surface area is 110 Å². The summed E-state index contributed by atoms with van der Waals surface area (Å²) in [6, 6.07) is 3.76. The number of nitrogens with one attached hydrogen (secondary N) is 1. The van der Waals surface area contributed by atoms with E-state index in [1.165, 1.54) is 11.3 Å². The molecule has 5 heteroatoms. The normalized spacial score (nSPS) is 11.3. The third-order valence-corrected chi connectivity index (χ3v) is 3.04. The van der Waals surface area contributed by atoms with Crippen LogP contribution in [0.25, 0.3) is 10.6 Å². The average Bonchev–Trinajstić information content (AvgIpc) is 2.77. The number of hydrogen-bond acceptors (Lipinski definition) is 4. The van der Waals surface area contributed by atoms with Gasteiger partial charge in [0, 0.05) is 28.9 Å². The van der Waals surface area contributed by atoms with Crippen LogP contribution in [-0.4, -0.2) is 21.4 Å². The number of nitrogens with zero attached hydrogens (tertiary/aromatic N) is 2. The molecule has 0 unspecified atom stereocenters. The van der Waals surface area contributed by atoms with Gasteiger partial charge in [-0.15, -0.1) is 11.3 Å². The maximum atomic E-state index is 11.9. The Morgan fingerprint density at radius 1 is 1.28 bits per heavy atom. The molecule has 0 spiro atoms. The lowest BCUT2D eigenvalue weighted by atomic mass is 10.1. The van der Waals surface area contributed by atoms with Gasteiger partial charge in [0.15, 0.2) is 0 Å². The second-order valence-electron chi connectivity index (χ2n) is 4.98. The number of carbonyl (C=O) groups excluding carboxylic acids is 1. The summed E-state index contributed by atoms with van der Waals surface area (Å²) in [4.78, 5) is 20.2. The number of carbonyl (C=O) groups is 1. The van der Waals surface area contributed by atoms with Crippen LogP contribution in [0.15, 0.2) is 29.9 Å². The lowest BCUT2D eigenvalue weighted by molar-refractivity contribution is 0.0915. The molecule has 1 amide bonds. The van der Waals surface area contributed by atoms with Crippen LogP contribution in [0.5, 0.6) is 0 Å². The Morgan fingerprint density at radius 2 is 1.94 bits per heavy atom. The van der Waals surface area contributed by atoms with E-state index >= 15 is 0 Å². The Bertz CT molecular complexity index is 543. The van der Waals surface area contributed by atoms with Crippen molar-refractivity contribution in [2.75, 3.05) is 0 Å². The predicted octanol–water partition coefficient (Wildman–Crippen LogP) is 2.73. The molecule has 0 aliphatic rings. The zero-order valence-corrected chi connectivity index (χ0v) is 11.4. The first-order chi connectivity index (χ1) is 8.46. The van der Waals surface area contributed by atoms with Crippen LogP contribution >= 0.6 is 11.3 Å². The highest BCUT2D eigenvalue weighted by molar-refractivity contribution is 7.13. The fourth-order valence-corrected chi connectivity index (χ4v) is 2.22. The molecule has 2 aromatic heterocycles. The SMILES string of the molecule is CC(C)(C)NC(=O)c1csc(-c2ccncc2)n1. The number of aromatic nitrogens is 2. The van der Waals surface area contributed by atoms with Crippen molar-refractivity contribution in [3.8, 4) is 10.6 Å². The van der Waals surface area contributed by atoms with E-state index in [0.29, 0.717) is 5.69 Å². The molecule has 2 rings (SSSR count). The highest BCUT2D eigenvalue weighted by atomic mass is 32.1. The van der Waals surface area contributed by atoms with Crippen molar-refractivity contribution < 1.29 is 4.79 Å². The Hall–Kier alpha value is -1.75. The molecule has 0 aliphatic carbocycles. The Kier molecular flexibility index (Phi) is 3.43. The molecule has 2 aromatic rings. The molecule has 0 aliphatic heterocycles. The first-order valence-electron chi connectivity index (χ1n) is 5.64. The Balaban J connectivity index is 2.19. The second-order valence-corrected chi connectivity index (χ2v) is 5.84. The third-order valence-electron chi connectivity index (χ3n) is 2.15. The van der Waals surface area contributed by atoms with Gasteiger partial charge in [-0.3, -0.25) is 9.78 Å². The van der Waals surface area contributed by atoms with E-state index in [-0.39, 0.29) is 11.4 Å². The highest BCUT2D eigenvalue weighted by Gasteiger charge is 2.17. The fraction of sp³-hybridized carbons (Fsp3) is 0.308. The molecule has 0 fully saturated rings. The van der Waals surface area contributed by atoms with Crippen LogP contribution in [0.1, 0.15) is 31.3 Å². The van der Waals surface area contributed by atoms with Crippen LogP contribution in [0.2, 0.25) is 0 Å². The van der Waals surface area contributed by atoms with Crippen molar-refractivity contribution in [3.63, 3.8) is 0 Å². The van der Waals surface area contributed by atoms with Crippen molar-refractivity contribution in [1.29, 1.82) is 0 Å². The van der Waals surface area contributed by atoms with Crippen molar-refractivity contribution in [2.24, 2.45) is 0 Å². The van der Waals surface area contributed by atoms with Crippen molar-refractivity contribution in [3.05, 3.63) is 35.6 Å². The molecular formula is C13H15N3OS. The summed E-state index contributed by atoms with van der Waals surface area (Å²) in [6.07, 6.45) is 3.43. The van der Waals surface area contributed by atoms with Gasteiger partial charge in [0.2, 0.25) is 0 Å². The van der Waals surface area contributed by atoms with Gasteiger partial charge in [0.05, 0.1) is 0 Å². The average molecular weight is 261 g/mol. The fourth-order valence-electron chi connectivity index (χ4n) is 1.41. The van der Waals surface area contributed by atoms with Crippen molar-refractivity contribution in [1.82, 2.24) is 15.3 Å². The summed E-state index contributed by atoms with van der Waals surface area (Å²) >= 11 is 1.46. The van der Waals surface area contributed by atoms with E-state index in [4.69, 9.17) is 0 Å². The number of pyridine rings is 1. The molecule has 0 atom stereocenters. The topological polar surface area (TPSA) is 54.9 Å². The molecular weight excluding hydrogens is 246 g/mol. The first-order valence-corrected chi connectivity index (χ1v) is 6.52. The van der Waals surface area contributed by atoms with Gasteiger partial charge in [0.1, 0.15) is 10.7 Å². The molecule has 0 radical (unpaired) electrons. The van der Waals surface area contributed by atoms with Gasteiger partial charge in [-0.1, -0.05) is 0 Å². The summed E-state index contributed by atoms with van der Waals surface area (Å²) < 4.78 is 0. The number of rotatable bonds is 2. The first kappa shape index (κ1) is 12.7. The van der Waals surface area contributed by atoms with Gasteiger partial charge in [-0.2, -0.15) is 0 Å². The van der Waals surface area contributed by atoms with Gasteiger partial charge >= 0.3 is 0 Å². The minimum atomic E-state index is -0.252. The minimum absolute atomic E-state index is 0.140. The molecule has 2 heterocycles. The highest BCUT2D eigenvalue weighted by Crippen LogP contribution is 2.22. The van der Waals surface area contributed by atoms with Crippen LogP contribution in [0.4, 0.5) is 0 Å². The molecule has 94 valence electrons. The lowest BCUT2D eigenvalue weighted by Crippen LogP contribution is -2.40. The maximum Gasteiger partial charge on any atom is 0.271 e. The summed E-state index contributed by atoms with van der Waals surface area (Å²) in [6.45, 7) is 5.84. The number of thiazole rings is 1. The van der Waals surface area contributed by atoms with Gasteiger partial charge in [0.25, 0.3) is 5.91 Å². The van der Waals surface area contributed by atoms with E-state index in [1.54, 1.807) is 17.8 Å². The van der Waals surface area contributed by atoms with Crippen molar-refractivity contribution in [2.45, 2.75) is 26.3 Å². The van der Waals surface area contributed by atoms with Gasteiger partial charge in [-0.05, 0) is 32.9 Å². The van der Waals surface area contributed by atoms with E-state index in [9.17, 15) is 4.79 Å². The monoisotopic (exact) mass is 261 g/mol. The maximum absolute atomic E-state index is 11.9. The molecule has 1 N–H and O–H groups in total. The van der Waals surface area contributed by atoms with Crippen LogP contribution < -0.4 is 5.32 Å². The predicted molar refractivity (Wildman–Crippen MR) is 72.6 cm³/mol. The molecule has 0 aromatic carbocycles. The number of hydrogen-bond donors (Lipinski definition) is 1. The number of amides is 1. The van der Waals surface area contributed by atoms with Crippen LogP contribution in [-0.2, 0) is 0 Å². The standard InChI is InChI=1S/C13H15N3OS/c1-13(2,3)16-11(17)10-8-18-12(15-10)9-4-6-14-7-5-9/h4-8H,1-3H3,(H,16,17). The Morgan fingerprint density at radius 3 is 2.56 bits per heavy atom. The van der Waals surface area contributed by atoms with Gasteiger partial charge < -0.3 is 5.32 Å². The second kappa shape index (κ2) is 4.86. The summed E-state index contributed by atoms with van der Waals surface area (Å²) in [7, 11) is 0. The summed E-state index contributed by atoms with van der Waals surface area (Å²) in [5, 5.41) is 5.50.